The van der Waals surface area contributed by atoms with Gasteiger partial charge in [0.15, 0.2) is 23.2 Å². The summed E-state index contributed by atoms with van der Waals surface area (Å²) < 4.78 is 39.3. The van der Waals surface area contributed by atoms with Gasteiger partial charge < -0.3 is 5.11 Å². The van der Waals surface area contributed by atoms with E-state index in [1.165, 1.54) is 0 Å². The third-order valence-corrected chi connectivity index (χ3v) is 3.03. The number of Topliss-reactive ketones (excluding diaryl/α,β-unsaturated/α-hetero) is 1. The van der Waals surface area contributed by atoms with Crippen LogP contribution in [0.3, 0.4) is 0 Å². The van der Waals surface area contributed by atoms with Gasteiger partial charge in [-0.15, -0.1) is 0 Å². The number of ketones is 1. The number of carbonyl (C=O) groups excluding carboxylic acids is 1. The highest BCUT2D eigenvalue weighted by molar-refractivity contribution is 6.13. The molecule has 3 nitrogen and oxygen atoms in total. The number of aliphatic carboxylic acids is 1. The summed E-state index contributed by atoms with van der Waals surface area (Å²) in [6.07, 6.45) is 0.870. The van der Waals surface area contributed by atoms with Gasteiger partial charge in [-0.05, 0) is 31.4 Å². The maximum atomic E-state index is 13.5. The van der Waals surface area contributed by atoms with Crippen molar-refractivity contribution in [2.75, 3.05) is 0 Å². The highest BCUT2D eigenvalue weighted by atomic mass is 19.2. The Morgan fingerprint density at radius 1 is 1.00 bits per heavy atom. The predicted molar refractivity (Wildman–Crippen MR) is 59.2 cm³/mol. The zero-order valence-electron chi connectivity index (χ0n) is 9.67. The van der Waals surface area contributed by atoms with Crippen molar-refractivity contribution in [2.24, 2.45) is 0 Å². The Hall–Kier alpha value is -2.11. The van der Waals surface area contributed by atoms with Crippen molar-refractivity contribution < 1.29 is 27.9 Å². The van der Waals surface area contributed by atoms with E-state index < -0.39 is 34.8 Å². The van der Waals surface area contributed by atoms with Crippen molar-refractivity contribution in [2.45, 2.75) is 19.3 Å². The van der Waals surface area contributed by atoms with E-state index in [1.54, 1.807) is 0 Å². The van der Waals surface area contributed by atoms with E-state index in [1.807, 2.05) is 0 Å². The van der Waals surface area contributed by atoms with Gasteiger partial charge in [-0.2, -0.15) is 0 Å². The number of carbonyl (C=O) groups is 2. The van der Waals surface area contributed by atoms with E-state index in [-0.39, 0.29) is 24.0 Å². The van der Waals surface area contributed by atoms with Crippen molar-refractivity contribution in [3.05, 3.63) is 46.3 Å². The fraction of sp³-hybridized carbons (Fsp3) is 0.231. The third kappa shape index (κ3) is 2.25. The molecule has 1 aromatic rings. The van der Waals surface area contributed by atoms with E-state index in [0.717, 1.165) is 6.07 Å². The van der Waals surface area contributed by atoms with Gasteiger partial charge in [-0.25, -0.2) is 18.0 Å². The summed E-state index contributed by atoms with van der Waals surface area (Å²) in [7, 11) is 0. The van der Waals surface area contributed by atoms with Gasteiger partial charge in [-0.1, -0.05) is 0 Å². The monoisotopic (exact) mass is 270 g/mol. The summed E-state index contributed by atoms with van der Waals surface area (Å²) >= 11 is 0. The highest BCUT2D eigenvalue weighted by Gasteiger charge is 2.28. The number of benzene rings is 1. The molecule has 0 aromatic heterocycles. The zero-order valence-corrected chi connectivity index (χ0v) is 9.67. The van der Waals surface area contributed by atoms with Crippen molar-refractivity contribution in [3.63, 3.8) is 0 Å². The molecule has 1 aliphatic rings. The Bertz CT molecular complexity index is 605. The lowest BCUT2D eigenvalue weighted by Crippen LogP contribution is -2.11. The summed E-state index contributed by atoms with van der Waals surface area (Å²) in [6, 6.07) is 1.46. The van der Waals surface area contributed by atoms with E-state index in [9.17, 15) is 22.8 Å². The number of allylic oxidation sites excluding steroid dienone is 1. The van der Waals surface area contributed by atoms with Gasteiger partial charge in [-0.3, -0.25) is 4.79 Å². The summed E-state index contributed by atoms with van der Waals surface area (Å²) in [5.74, 6) is -6.86. The van der Waals surface area contributed by atoms with Crippen molar-refractivity contribution in [1.29, 1.82) is 0 Å². The second-order valence-corrected chi connectivity index (χ2v) is 4.17. The average Bonchev–Trinajstić information content (AvgIpc) is 2.84. The first-order valence-electron chi connectivity index (χ1n) is 5.57. The first-order chi connectivity index (χ1) is 8.93. The average molecular weight is 270 g/mol. The minimum absolute atomic E-state index is 0.0441. The number of halogens is 3. The topological polar surface area (TPSA) is 54.4 Å². The molecule has 6 heteroatoms. The van der Waals surface area contributed by atoms with Crippen molar-refractivity contribution in [3.8, 4) is 0 Å². The van der Waals surface area contributed by atoms with E-state index in [0.29, 0.717) is 12.5 Å². The van der Waals surface area contributed by atoms with Gasteiger partial charge in [0.05, 0.1) is 5.56 Å². The first kappa shape index (κ1) is 13.3. The largest absolute Gasteiger partial charge is 0.478 e. The van der Waals surface area contributed by atoms with Crippen LogP contribution >= 0.6 is 0 Å². The fourth-order valence-electron chi connectivity index (χ4n) is 2.09. The Morgan fingerprint density at radius 3 is 2.26 bits per heavy atom. The highest BCUT2D eigenvalue weighted by Crippen LogP contribution is 2.30. The summed E-state index contributed by atoms with van der Waals surface area (Å²) in [6.45, 7) is 0. The molecule has 0 unspecified atom stereocenters. The second-order valence-electron chi connectivity index (χ2n) is 4.17. The molecule has 100 valence electrons. The van der Waals surface area contributed by atoms with Crippen molar-refractivity contribution >= 4 is 11.8 Å². The van der Waals surface area contributed by atoms with Crippen LogP contribution in [0, 0.1) is 17.5 Å². The Labute approximate surface area is 106 Å². The molecule has 0 fully saturated rings. The van der Waals surface area contributed by atoms with Crippen LogP contribution in [-0.4, -0.2) is 16.9 Å². The lowest BCUT2D eigenvalue weighted by molar-refractivity contribution is -0.132. The number of carboxylic acid groups (broad SMARTS) is 1. The first-order valence-corrected chi connectivity index (χ1v) is 5.57. The molecule has 0 aliphatic heterocycles. The molecule has 0 bridgehead atoms. The van der Waals surface area contributed by atoms with E-state index in [2.05, 4.69) is 0 Å². The molecule has 1 aromatic carbocycles. The molecule has 2 rings (SSSR count). The van der Waals surface area contributed by atoms with Gasteiger partial charge in [0.25, 0.3) is 0 Å². The summed E-state index contributed by atoms with van der Waals surface area (Å²) in [4.78, 5) is 22.9. The normalized spacial score (nSPS) is 14.9. The molecule has 0 amide bonds. The molecular formula is C13H9F3O3. The van der Waals surface area contributed by atoms with E-state index >= 15 is 0 Å². The minimum atomic E-state index is -1.73. The van der Waals surface area contributed by atoms with Crippen LogP contribution in [0.5, 0.6) is 0 Å². The predicted octanol–water partition coefficient (Wildman–Crippen LogP) is 2.85. The standard InChI is InChI=1S/C13H9F3O3/c14-9-5-4-8(10(15)11(9)16)12(17)6-2-1-3-7(6)13(18)19/h4-5H,1-3H2,(H,18,19). The maximum Gasteiger partial charge on any atom is 0.331 e. The molecular weight excluding hydrogens is 261 g/mol. The Morgan fingerprint density at radius 2 is 1.63 bits per heavy atom. The molecule has 0 radical (unpaired) electrons. The van der Waals surface area contributed by atoms with Gasteiger partial charge >= 0.3 is 5.97 Å². The van der Waals surface area contributed by atoms with Crippen molar-refractivity contribution in [1.82, 2.24) is 0 Å². The van der Waals surface area contributed by atoms with Gasteiger partial charge in [0.1, 0.15) is 0 Å². The lowest BCUT2D eigenvalue weighted by Gasteiger charge is -2.06. The van der Waals surface area contributed by atoms with Crippen LogP contribution in [0.1, 0.15) is 29.6 Å². The molecule has 0 saturated carbocycles. The summed E-state index contributed by atoms with van der Waals surface area (Å²) in [5, 5.41) is 8.91. The lowest BCUT2D eigenvalue weighted by atomic mass is 9.99. The van der Waals surface area contributed by atoms with Crippen LogP contribution in [0.15, 0.2) is 23.3 Å². The van der Waals surface area contributed by atoms with Crippen LogP contribution < -0.4 is 0 Å². The Balaban J connectivity index is 2.49. The summed E-state index contributed by atoms with van der Waals surface area (Å²) in [5.41, 5.74) is -0.777. The third-order valence-electron chi connectivity index (χ3n) is 3.03. The zero-order chi connectivity index (χ0) is 14.2. The molecule has 0 heterocycles. The van der Waals surface area contributed by atoms with Gasteiger partial charge in [0, 0.05) is 11.1 Å². The smallest absolute Gasteiger partial charge is 0.331 e. The molecule has 0 saturated heterocycles. The Kier molecular flexibility index (Phi) is 3.42. The van der Waals surface area contributed by atoms with Crippen LogP contribution in [-0.2, 0) is 4.79 Å². The quantitative estimate of drug-likeness (QED) is 0.678. The fourth-order valence-corrected chi connectivity index (χ4v) is 2.09. The number of hydrogen-bond donors (Lipinski definition) is 1. The van der Waals surface area contributed by atoms with Crippen LogP contribution in [0.2, 0.25) is 0 Å². The van der Waals surface area contributed by atoms with Crippen LogP contribution in [0.25, 0.3) is 0 Å². The van der Waals surface area contributed by atoms with Crippen LogP contribution in [0.4, 0.5) is 13.2 Å². The number of hydrogen-bond acceptors (Lipinski definition) is 2. The molecule has 1 N–H and O–H groups in total. The molecule has 1 aliphatic carbocycles. The van der Waals surface area contributed by atoms with Gasteiger partial charge in [0.2, 0.25) is 0 Å². The molecule has 0 atom stereocenters. The molecule has 19 heavy (non-hydrogen) atoms. The molecule has 0 spiro atoms. The second kappa shape index (κ2) is 4.87. The SMILES string of the molecule is O=C(O)C1=C(C(=O)c2ccc(F)c(F)c2F)CCC1. The number of rotatable bonds is 3. The number of carboxylic acids is 1. The maximum absolute atomic E-state index is 13.5. The van der Waals surface area contributed by atoms with E-state index in [4.69, 9.17) is 5.11 Å². The minimum Gasteiger partial charge on any atom is -0.478 e.